The third-order valence-corrected chi connectivity index (χ3v) is 4.44. The summed E-state index contributed by atoms with van der Waals surface area (Å²) in [6, 6.07) is 2.00. The molecule has 0 bridgehead atoms. The number of rotatable bonds is 4. The van der Waals surface area contributed by atoms with Gasteiger partial charge in [0.1, 0.15) is 5.76 Å². The summed E-state index contributed by atoms with van der Waals surface area (Å²) in [5.41, 5.74) is 0.701. The Morgan fingerprint density at radius 1 is 1.41 bits per heavy atom. The van der Waals surface area contributed by atoms with E-state index in [9.17, 15) is 4.79 Å². The van der Waals surface area contributed by atoms with Crippen LogP contribution in [0.1, 0.15) is 62.7 Å². The van der Waals surface area contributed by atoms with Gasteiger partial charge in [0, 0.05) is 37.7 Å². The van der Waals surface area contributed by atoms with Crippen molar-refractivity contribution in [3.63, 3.8) is 0 Å². The Morgan fingerprint density at radius 3 is 2.77 bits per heavy atom. The van der Waals surface area contributed by atoms with Gasteiger partial charge in [-0.15, -0.1) is 0 Å². The second-order valence-corrected chi connectivity index (χ2v) is 8.20. The fourth-order valence-electron chi connectivity index (χ4n) is 3.25. The van der Waals surface area contributed by atoms with E-state index in [2.05, 4.69) is 43.1 Å². The molecule has 1 N–H and O–H groups in total. The first-order valence-electron chi connectivity index (χ1n) is 8.32. The summed E-state index contributed by atoms with van der Waals surface area (Å²) in [5, 5.41) is 7.05. The van der Waals surface area contributed by atoms with E-state index in [4.69, 9.17) is 4.52 Å². The van der Waals surface area contributed by atoms with Crippen molar-refractivity contribution < 1.29 is 9.32 Å². The SMILES string of the molecule is C[C@@H]1CN(CC(C)(C)C)C[C@H]1NC(=O)c1cc(C2CC2)on1. The number of amides is 1. The number of carbonyl (C=O) groups excluding carboxylic acids is 1. The van der Waals surface area contributed by atoms with Gasteiger partial charge in [0.15, 0.2) is 5.69 Å². The van der Waals surface area contributed by atoms with Gasteiger partial charge in [-0.1, -0.05) is 32.9 Å². The molecule has 2 aliphatic rings. The normalized spacial score (nSPS) is 26.4. The van der Waals surface area contributed by atoms with Crippen molar-refractivity contribution >= 4 is 5.91 Å². The molecule has 1 saturated carbocycles. The summed E-state index contributed by atoms with van der Waals surface area (Å²) in [7, 11) is 0. The Bertz CT molecular complexity index is 542. The van der Waals surface area contributed by atoms with Crippen LogP contribution in [0.3, 0.4) is 0 Å². The monoisotopic (exact) mass is 305 g/mol. The summed E-state index contributed by atoms with van der Waals surface area (Å²) in [5.74, 6) is 1.70. The van der Waals surface area contributed by atoms with E-state index in [-0.39, 0.29) is 17.4 Å². The molecular formula is C17H27N3O2. The standard InChI is InChI=1S/C17H27N3O2/c1-11-8-20(10-17(2,3)4)9-14(11)18-16(21)13-7-15(22-19-13)12-5-6-12/h7,11-12,14H,5-6,8-10H2,1-4H3,(H,18,21)/t11-,14-/m1/s1. The largest absolute Gasteiger partial charge is 0.360 e. The van der Waals surface area contributed by atoms with Gasteiger partial charge in [-0.2, -0.15) is 0 Å². The fraction of sp³-hybridized carbons (Fsp3) is 0.765. The minimum Gasteiger partial charge on any atom is -0.360 e. The van der Waals surface area contributed by atoms with E-state index in [1.807, 2.05) is 0 Å². The first-order valence-corrected chi connectivity index (χ1v) is 8.32. The highest BCUT2D eigenvalue weighted by molar-refractivity contribution is 5.92. The van der Waals surface area contributed by atoms with Gasteiger partial charge >= 0.3 is 0 Å². The van der Waals surface area contributed by atoms with E-state index < -0.39 is 0 Å². The molecule has 5 nitrogen and oxygen atoms in total. The van der Waals surface area contributed by atoms with Crippen LogP contribution in [-0.4, -0.2) is 41.6 Å². The van der Waals surface area contributed by atoms with Crippen LogP contribution in [0.15, 0.2) is 10.6 Å². The maximum Gasteiger partial charge on any atom is 0.273 e. The number of hydrogen-bond acceptors (Lipinski definition) is 4. The Hall–Kier alpha value is -1.36. The topological polar surface area (TPSA) is 58.4 Å². The number of carbonyl (C=O) groups is 1. The molecule has 22 heavy (non-hydrogen) atoms. The average Bonchev–Trinajstić information content (AvgIpc) is 3.03. The van der Waals surface area contributed by atoms with Crippen LogP contribution in [0.2, 0.25) is 0 Å². The second kappa shape index (κ2) is 5.69. The molecule has 0 unspecified atom stereocenters. The molecule has 0 radical (unpaired) electrons. The predicted octanol–water partition coefficient (Wildman–Crippen LogP) is 2.65. The summed E-state index contributed by atoms with van der Waals surface area (Å²) < 4.78 is 5.27. The molecule has 1 aromatic rings. The Morgan fingerprint density at radius 2 is 2.14 bits per heavy atom. The maximum absolute atomic E-state index is 12.3. The van der Waals surface area contributed by atoms with Crippen molar-refractivity contribution in [1.29, 1.82) is 0 Å². The van der Waals surface area contributed by atoms with Crippen LogP contribution >= 0.6 is 0 Å². The first kappa shape index (κ1) is 15.5. The van der Waals surface area contributed by atoms with E-state index in [1.165, 1.54) is 0 Å². The lowest BCUT2D eigenvalue weighted by molar-refractivity contribution is 0.0921. The lowest BCUT2D eigenvalue weighted by Gasteiger charge is -2.26. The average molecular weight is 305 g/mol. The van der Waals surface area contributed by atoms with E-state index in [0.29, 0.717) is 17.5 Å². The molecule has 3 rings (SSSR count). The highest BCUT2D eigenvalue weighted by Gasteiger charge is 2.34. The number of likely N-dealkylation sites (tertiary alicyclic amines) is 1. The van der Waals surface area contributed by atoms with Crippen molar-refractivity contribution in [2.24, 2.45) is 11.3 Å². The lowest BCUT2D eigenvalue weighted by atomic mass is 9.96. The van der Waals surface area contributed by atoms with Crippen molar-refractivity contribution in [2.45, 2.75) is 52.5 Å². The van der Waals surface area contributed by atoms with Crippen LogP contribution in [-0.2, 0) is 0 Å². The van der Waals surface area contributed by atoms with Gasteiger partial charge in [-0.3, -0.25) is 4.79 Å². The molecule has 1 saturated heterocycles. The Kier molecular flexibility index (Phi) is 4.02. The Labute approximate surface area is 132 Å². The predicted molar refractivity (Wildman–Crippen MR) is 84.8 cm³/mol. The van der Waals surface area contributed by atoms with Crippen LogP contribution in [0, 0.1) is 11.3 Å². The van der Waals surface area contributed by atoms with Gasteiger partial charge < -0.3 is 14.7 Å². The van der Waals surface area contributed by atoms with Gasteiger partial charge in [-0.05, 0) is 24.2 Å². The highest BCUT2D eigenvalue weighted by Crippen LogP contribution is 2.40. The van der Waals surface area contributed by atoms with Gasteiger partial charge in [-0.25, -0.2) is 0 Å². The third kappa shape index (κ3) is 3.69. The molecule has 122 valence electrons. The molecule has 0 aromatic carbocycles. The number of hydrogen-bond donors (Lipinski definition) is 1. The molecule has 2 atom stereocenters. The van der Waals surface area contributed by atoms with Gasteiger partial charge in [0.2, 0.25) is 0 Å². The van der Waals surface area contributed by atoms with Crippen molar-refractivity contribution in [1.82, 2.24) is 15.4 Å². The highest BCUT2D eigenvalue weighted by atomic mass is 16.5. The molecule has 2 fully saturated rings. The minimum atomic E-state index is -0.106. The number of nitrogens with zero attached hydrogens (tertiary/aromatic N) is 2. The number of nitrogens with one attached hydrogen (secondary N) is 1. The summed E-state index contributed by atoms with van der Waals surface area (Å²) in [6.45, 7) is 12.0. The summed E-state index contributed by atoms with van der Waals surface area (Å²) >= 11 is 0. The van der Waals surface area contributed by atoms with Crippen molar-refractivity contribution in [3.8, 4) is 0 Å². The first-order chi connectivity index (χ1) is 10.3. The van der Waals surface area contributed by atoms with Crippen LogP contribution < -0.4 is 5.32 Å². The number of aromatic nitrogens is 1. The van der Waals surface area contributed by atoms with E-state index >= 15 is 0 Å². The molecule has 0 spiro atoms. The smallest absolute Gasteiger partial charge is 0.273 e. The van der Waals surface area contributed by atoms with Crippen LogP contribution in [0.25, 0.3) is 0 Å². The van der Waals surface area contributed by atoms with Crippen LogP contribution in [0.5, 0.6) is 0 Å². The van der Waals surface area contributed by atoms with E-state index in [1.54, 1.807) is 6.07 Å². The zero-order valence-electron chi connectivity index (χ0n) is 14.1. The van der Waals surface area contributed by atoms with E-state index in [0.717, 1.165) is 38.2 Å². The van der Waals surface area contributed by atoms with Gasteiger partial charge in [0.25, 0.3) is 5.91 Å². The third-order valence-electron chi connectivity index (χ3n) is 4.44. The second-order valence-electron chi connectivity index (χ2n) is 8.20. The zero-order chi connectivity index (χ0) is 15.9. The van der Waals surface area contributed by atoms with Crippen molar-refractivity contribution in [3.05, 3.63) is 17.5 Å². The molecule has 2 heterocycles. The maximum atomic E-state index is 12.3. The fourth-order valence-corrected chi connectivity index (χ4v) is 3.25. The molecule has 1 aromatic heterocycles. The molecule has 1 aliphatic heterocycles. The molecule has 5 heteroatoms. The summed E-state index contributed by atoms with van der Waals surface area (Å²) in [6.07, 6.45) is 2.30. The Balaban J connectivity index is 1.56. The minimum absolute atomic E-state index is 0.106. The molecule has 1 aliphatic carbocycles. The molecular weight excluding hydrogens is 278 g/mol. The van der Waals surface area contributed by atoms with Crippen LogP contribution in [0.4, 0.5) is 0 Å². The van der Waals surface area contributed by atoms with Crippen molar-refractivity contribution in [2.75, 3.05) is 19.6 Å². The molecule has 1 amide bonds. The lowest BCUT2D eigenvalue weighted by Crippen LogP contribution is -2.40. The summed E-state index contributed by atoms with van der Waals surface area (Å²) in [4.78, 5) is 14.8. The quantitative estimate of drug-likeness (QED) is 0.929. The van der Waals surface area contributed by atoms with Gasteiger partial charge in [0.05, 0.1) is 0 Å². The zero-order valence-corrected chi connectivity index (χ0v) is 14.1.